The molecule has 0 aliphatic carbocycles. The molecule has 0 radical (unpaired) electrons. The monoisotopic (exact) mass is 292 g/mol. The summed E-state index contributed by atoms with van der Waals surface area (Å²) in [6, 6.07) is 9.83. The van der Waals surface area contributed by atoms with Gasteiger partial charge in [-0.15, -0.1) is 0 Å². The Morgan fingerprint density at radius 2 is 2.00 bits per heavy atom. The Morgan fingerprint density at radius 3 is 2.65 bits per heavy atom. The molecule has 0 amide bonds. The Balaban J connectivity index is 2.11. The molecule has 1 heterocycles. The van der Waals surface area contributed by atoms with Crippen LogP contribution in [0.15, 0.2) is 47.2 Å². The fourth-order valence-corrected chi connectivity index (χ4v) is 1.78. The molecule has 0 unspecified atom stereocenters. The lowest BCUT2D eigenvalue weighted by Crippen LogP contribution is -2.04. The molecule has 0 atom stereocenters. The summed E-state index contributed by atoms with van der Waals surface area (Å²) in [5.74, 6) is 1.58. The summed E-state index contributed by atoms with van der Waals surface area (Å²) in [5.41, 5.74) is 1.23. The lowest BCUT2D eigenvalue weighted by molar-refractivity contribution is 0.478. The van der Waals surface area contributed by atoms with E-state index in [0.717, 1.165) is 22.5 Å². The minimum atomic E-state index is 0.765. The number of benzene rings is 1. The molecule has 0 saturated carbocycles. The van der Waals surface area contributed by atoms with E-state index in [0.29, 0.717) is 0 Å². The van der Waals surface area contributed by atoms with Crippen LogP contribution in [0.1, 0.15) is 5.56 Å². The highest BCUT2D eigenvalue weighted by molar-refractivity contribution is 9.10. The first-order valence-electron chi connectivity index (χ1n) is 5.30. The molecule has 1 aromatic carbocycles. The average Bonchev–Trinajstić information content (AvgIpc) is 2.35. The Morgan fingerprint density at radius 1 is 1.24 bits per heavy atom. The van der Waals surface area contributed by atoms with Gasteiger partial charge in [0.25, 0.3) is 0 Å². The zero-order valence-electron chi connectivity index (χ0n) is 9.48. The summed E-state index contributed by atoms with van der Waals surface area (Å²) in [6.45, 7) is 0.860. The maximum atomic E-state index is 5.73. The lowest BCUT2D eigenvalue weighted by Gasteiger charge is -2.07. The van der Waals surface area contributed by atoms with Crippen LogP contribution in [0.4, 0.5) is 0 Å². The van der Waals surface area contributed by atoms with Crippen molar-refractivity contribution < 1.29 is 4.74 Å². The molecule has 1 N–H and O–H groups in total. The molecule has 3 nitrogen and oxygen atoms in total. The fraction of sp³-hybridized carbons (Fsp3) is 0.154. The van der Waals surface area contributed by atoms with E-state index >= 15 is 0 Å². The average molecular weight is 293 g/mol. The van der Waals surface area contributed by atoms with Crippen molar-refractivity contribution >= 4 is 15.9 Å². The SMILES string of the molecule is CNCc1ccc(Oc2ccncc2Br)cc1. The summed E-state index contributed by atoms with van der Waals surface area (Å²) in [6.07, 6.45) is 3.42. The van der Waals surface area contributed by atoms with E-state index in [4.69, 9.17) is 4.74 Å². The molecule has 0 saturated heterocycles. The van der Waals surface area contributed by atoms with Gasteiger partial charge in [-0.3, -0.25) is 4.98 Å². The zero-order valence-corrected chi connectivity index (χ0v) is 11.1. The maximum Gasteiger partial charge on any atom is 0.144 e. The number of rotatable bonds is 4. The minimum Gasteiger partial charge on any atom is -0.456 e. The molecule has 0 spiro atoms. The molecule has 0 fully saturated rings. The molecule has 2 rings (SSSR count). The third kappa shape index (κ3) is 3.28. The van der Waals surface area contributed by atoms with Crippen LogP contribution in [0, 0.1) is 0 Å². The second kappa shape index (κ2) is 5.80. The van der Waals surface area contributed by atoms with Gasteiger partial charge in [0.05, 0.1) is 4.47 Å². The van der Waals surface area contributed by atoms with Crippen LogP contribution >= 0.6 is 15.9 Å². The van der Waals surface area contributed by atoms with Gasteiger partial charge in [0.15, 0.2) is 0 Å². The van der Waals surface area contributed by atoms with Crippen LogP contribution < -0.4 is 10.1 Å². The summed E-state index contributed by atoms with van der Waals surface area (Å²) in [7, 11) is 1.93. The van der Waals surface area contributed by atoms with Crippen LogP contribution in [0.3, 0.4) is 0 Å². The number of aromatic nitrogens is 1. The highest BCUT2D eigenvalue weighted by Crippen LogP contribution is 2.28. The maximum absolute atomic E-state index is 5.73. The molecule has 17 heavy (non-hydrogen) atoms. The number of hydrogen-bond donors (Lipinski definition) is 1. The predicted octanol–water partition coefficient (Wildman–Crippen LogP) is 3.36. The van der Waals surface area contributed by atoms with E-state index in [2.05, 4.69) is 26.2 Å². The third-order valence-electron chi connectivity index (χ3n) is 2.27. The van der Waals surface area contributed by atoms with E-state index in [1.807, 2.05) is 37.4 Å². The van der Waals surface area contributed by atoms with Crippen LogP contribution in [-0.4, -0.2) is 12.0 Å². The van der Waals surface area contributed by atoms with Crippen molar-refractivity contribution in [2.24, 2.45) is 0 Å². The van der Waals surface area contributed by atoms with Crippen molar-refractivity contribution in [3.63, 3.8) is 0 Å². The van der Waals surface area contributed by atoms with Crippen LogP contribution in [0.5, 0.6) is 11.5 Å². The van der Waals surface area contributed by atoms with Crippen molar-refractivity contribution in [3.05, 3.63) is 52.8 Å². The fourth-order valence-electron chi connectivity index (χ4n) is 1.45. The van der Waals surface area contributed by atoms with Gasteiger partial charge in [0.1, 0.15) is 11.5 Å². The van der Waals surface area contributed by atoms with Gasteiger partial charge in [-0.25, -0.2) is 0 Å². The molecule has 0 aliphatic rings. The molecule has 88 valence electrons. The number of pyridine rings is 1. The molecular weight excluding hydrogens is 280 g/mol. The van der Waals surface area contributed by atoms with Gasteiger partial charge in [0.2, 0.25) is 0 Å². The van der Waals surface area contributed by atoms with Gasteiger partial charge in [-0.05, 0) is 40.7 Å². The smallest absolute Gasteiger partial charge is 0.144 e. The van der Waals surface area contributed by atoms with Crippen LogP contribution in [0.2, 0.25) is 0 Å². The van der Waals surface area contributed by atoms with Crippen LogP contribution in [0.25, 0.3) is 0 Å². The molecule has 4 heteroatoms. The molecule has 0 aliphatic heterocycles. The highest BCUT2D eigenvalue weighted by Gasteiger charge is 2.01. The largest absolute Gasteiger partial charge is 0.456 e. The normalized spacial score (nSPS) is 10.2. The topological polar surface area (TPSA) is 34.1 Å². The standard InChI is InChI=1S/C13H13BrN2O/c1-15-8-10-2-4-11(5-3-10)17-13-6-7-16-9-12(13)14/h2-7,9,15H,8H2,1H3. The second-order valence-corrected chi connectivity index (χ2v) is 4.44. The van der Waals surface area contributed by atoms with Crippen molar-refractivity contribution in [2.75, 3.05) is 7.05 Å². The molecule has 0 bridgehead atoms. The Hall–Kier alpha value is -1.39. The Kier molecular flexibility index (Phi) is 4.12. The Bertz CT molecular complexity index is 485. The number of hydrogen-bond acceptors (Lipinski definition) is 3. The van der Waals surface area contributed by atoms with Crippen molar-refractivity contribution in [1.82, 2.24) is 10.3 Å². The highest BCUT2D eigenvalue weighted by atomic mass is 79.9. The number of nitrogens with zero attached hydrogens (tertiary/aromatic N) is 1. The van der Waals surface area contributed by atoms with E-state index < -0.39 is 0 Å². The lowest BCUT2D eigenvalue weighted by atomic mass is 10.2. The first-order valence-corrected chi connectivity index (χ1v) is 6.10. The first kappa shape index (κ1) is 12.1. The van der Waals surface area contributed by atoms with Crippen molar-refractivity contribution in [1.29, 1.82) is 0 Å². The van der Waals surface area contributed by atoms with E-state index in [1.54, 1.807) is 12.4 Å². The summed E-state index contributed by atoms with van der Waals surface area (Å²) in [4.78, 5) is 3.99. The number of ether oxygens (including phenoxy) is 1. The van der Waals surface area contributed by atoms with Crippen LogP contribution in [-0.2, 0) is 6.54 Å². The van der Waals surface area contributed by atoms with E-state index in [9.17, 15) is 0 Å². The summed E-state index contributed by atoms with van der Waals surface area (Å²) in [5, 5.41) is 3.11. The molecular formula is C13H13BrN2O. The third-order valence-corrected chi connectivity index (χ3v) is 2.86. The first-order chi connectivity index (χ1) is 8.29. The quantitative estimate of drug-likeness (QED) is 0.938. The summed E-state index contributed by atoms with van der Waals surface area (Å²) < 4.78 is 6.58. The zero-order chi connectivity index (χ0) is 12.1. The van der Waals surface area contributed by atoms with E-state index in [-0.39, 0.29) is 0 Å². The Labute approximate surface area is 109 Å². The van der Waals surface area contributed by atoms with Gasteiger partial charge in [0, 0.05) is 25.0 Å². The van der Waals surface area contributed by atoms with Crippen molar-refractivity contribution in [2.45, 2.75) is 6.54 Å². The predicted molar refractivity (Wildman–Crippen MR) is 71.2 cm³/mol. The second-order valence-electron chi connectivity index (χ2n) is 3.58. The minimum absolute atomic E-state index is 0.765. The van der Waals surface area contributed by atoms with Crippen molar-refractivity contribution in [3.8, 4) is 11.5 Å². The molecule has 1 aromatic heterocycles. The van der Waals surface area contributed by atoms with Gasteiger partial charge >= 0.3 is 0 Å². The van der Waals surface area contributed by atoms with Gasteiger partial charge < -0.3 is 10.1 Å². The van der Waals surface area contributed by atoms with Gasteiger partial charge in [-0.1, -0.05) is 12.1 Å². The number of halogens is 1. The van der Waals surface area contributed by atoms with E-state index in [1.165, 1.54) is 5.56 Å². The molecule has 2 aromatic rings. The summed E-state index contributed by atoms with van der Waals surface area (Å²) >= 11 is 3.40. The number of nitrogens with one attached hydrogen (secondary N) is 1. The van der Waals surface area contributed by atoms with Gasteiger partial charge in [-0.2, -0.15) is 0 Å².